The van der Waals surface area contributed by atoms with Crippen LogP contribution in [0.5, 0.6) is 0 Å². The summed E-state index contributed by atoms with van der Waals surface area (Å²) < 4.78 is 63.4. The molecule has 0 fully saturated rings. The minimum absolute atomic E-state index is 0.0571. The average Bonchev–Trinajstić information content (AvgIpc) is 4.24. The van der Waals surface area contributed by atoms with Crippen LogP contribution in [0.25, 0.3) is 67.0 Å². The van der Waals surface area contributed by atoms with Crippen molar-refractivity contribution in [1.82, 2.24) is 0 Å². The molecule has 0 saturated heterocycles. The fourth-order valence-corrected chi connectivity index (χ4v) is 6.34. The molecule has 414 valence electrons. The highest BCUT2D eigenvalue weighted by molar-refractivity contribution is 5.79. The summed E-state index contributed by atoms with van der Waals surface area (Å²) in [5.74, 6) is 6.14. The summed E-state index contributed by atoms with van der Waals surface area (Å²) in [7, 11) is 0. The first-order valence-corrected chi connectivity index (χ1v) is 26.8. The molecule has 0 spiro atoms. The number of hydrogen-bond acceptors (Lipinski definition) is 12. The Labute approximate surface area is 445 Å². The molecule has 0 amide bonds. The molecular formula is C63H90O12. The lowest BCUT2D eigenvalue weighted by molar-refractivity contribution is 0.430. The fraction of sp³-hybridized carbons (Fsp3) is 0.429. The van der Waals surface area contributed by atoms with Gasteiger partial charge in [-0.05, 0) is 41.5 Å². The van der Waals surface area contributed by atoms with Crippen LogP contribution in [0, 0.1) is 41.5 Å². The van der Waals surface area contributed by atoms with E-state index in [-0.39, 0.29) is 5.41 Å². The Kier molecular flexibility index (Phi) is 29.6. The van der Waals surface area contributed by atoms with Gasteiger partial charge in [0.05, 0.1) is 37.6 Å². The molecule has 0 radical (unpaired) electrons. The molecule has 12 heterocycles. The standard InChI is InChI=1S/C10H12O2.2C9H10O2.2C8H8O2.C7H6O2.6C2H6/c1-10(2,3)9-6-8-7(12-9)4-5-11-8;1-5-4-10-9-6(2)7(3)11-8(5)9;1-6(2)8-5-9-7(11-8)3-4-10-9;1-5-6(2)10-7-3-4-9-8(5)7;1-2-6-5-8-7(10-6)3-4-9-8;1-5-4-7-6(9-5)2-3-8-7;6*1-2/h4-6H,1-3H3;4H,1-3H3;3-6H,1-2H3;3-4H,1-2H3;3-5H,2H2,1H3;2-4H,1H3;6*1-2H3. The lowest BCUT2D eigenvalue weighted by Crippen LogP contribution is -2.08. The van der Waals surface area contributed by atoms with Crippen LogP contribution in [0.4, 0.5) is 0 Å². The molecular weight excluding hydrogens is 949 g/mol. The Balaban J connectivity index is 0.000000433. The zero-order chi connectivity index (χ0) is 57.0. The minimum Gasteiger partial charge on any atom is -0.461 e. The molecule has 0 aliphatic heterocycles. The van der Waals surface area contributed by atoms with E-state index in [1.54, 1.807) is 37.6 Å². The van der Waals surface area contributed by atoms with Gasteiger partial charge in [0.1, 0.15) is 34.6 Å². The topological polar surface area (TPSA) is 158 Å². The molecule has 0 N–H and O–H groups in total. The molecule has 0 aromatic carbocycles. The van der Waals surface area contributed by atoms with E-state index in [0.29, 0.717) is 5.92 Å². The Morgan fingerprint density at radius 2 is 0.827 bits per heavy atom. The number of aryl methyl sites for hydroxylation is 7. The zero-order valence-electron chi connectivity index (χ0n) is 49.8. The van der Waals surface area contributed by atoms with Gasteiger partial charge >= 0.3 is 0 Å². The van der Waals surface area contributed by atoms with Crippen LogP contribution < -0.4 is 0 Å². The van der Waals surface area contributed by atoms with Crippen LogP contribution in [-0.4, -0.2) is 0 Å². The van der Waals surface area contributed by atoms with E-state index in [1.807, 2.05) is 179 Å². The normalized spacial score (nSPS) is 10.0. The lowest BCUT2D eigenvalue weighted by atomic mass is 9.94. The van der Waals surface area contributed by atoms with Crippen LogP contribution in [0.15, 0.2) is 145 Å². The SMILES string of the molecule is CC.CC.CC.CC.CC.CC.CC(C)(C)c1cc2occc2o1.CC(C)c1cc2occc2o1.CCc1cc2occc2o1.Cc1cc2occc2o1.Cc1oc2c(C)coc2c1C.Cc1oc2ccoc2c1C. The Hall–Kier alpha value is -7.08. The third-order valence-electron chi connectivity index (χ3n) is 10.2. The molecule has 12 aromatic heterocycles. The summed E-state index contributed by atoms with van der Waals surface area (Å²) in [5, 5.41) is 0. The third kappa shape index (κ3) is 18.4. The summed E-state index contributed by atoms with van der Waals surface area (Å²) in [6, 6.07) is 16.8. The summed E-state index contributed by atoms with van der Waals surface area (Å²) in [4.78, 5) is 0. The molecule has 0 unspecified atom stereocenters. The van der Waals surface area contributed by atoms with Crippen molar-refractivity contribution in [2.75, 3.05) is 0 Å². The molecule has 12 rings (SSSR count). The predicted molar refractivity (Wildman–Crippen MR) is 310 cm³/mol. The first-order valence-electron chi connectivity index (χ1n) is 26.8. The van der Waals surface area contributed by atoms with Crippen molar-refractivity contribution in [2.45, 2.75) is 184 Å². The third-order valence-corrected chi connectivity index (χ3v) is 10.2. The van der Waals surface area contributed by atoms with Crippen molar-refractivity contribution < 1.29 is 53.0 Å². The smallest absolute Gasteiger partial charge is 0.175 e. The maximum atomic E-state index is 5.58. The van der Waals surface area contributed by atoms with E-state index in [0.717, 1.165) is 125 Å². The first kappa shape index (κ1) is 65.9. The monoisotopic (exact) mass is 1040 g/mol. The Bertz CT molecular complexity index is 3160. The van der Waals surface area contributed by atoms with E-state index in [2.05, 4.69) is 41.5 Å². The molecule has 0 saturated carbocycles. The molecule has 12 aromatic rings. The zero-order valence-corrected chi connectivity index (χ0v) is 49.8. The number of rotatable bonds is 2. The van der Waals surface area contributed by atoms with Gasteiger partial charge in [-0.2, -0.15) is 0 Å². The van der Waals surface area contributed by atoms with Crippen LogP contribution in [0.3, 0.4) is 0 Å². The minimum atomic E-state index is 0.0571. The van der Waals surface area contributed by atoms with E-state index < -0.39 is 0 Å². The molecule has 0 aliphatic rings. The molecule has 12 heteroatoms. The van der Waals surface area contributed by atoms with Gasteiger partial charge in [0.15, 0.2) is 67.0 Å². The van der Waals surface area contributed by atoms with E-state index in [4.69, 9.17) is 53.0 Å². The highest BCUT2D eigenvalue weighted by atomic mass is 16.4. The summed E-state index contributed by atoms with van der Waals surface area (Å²) in [6.45, 7) is 48.3. The van der Waals surface area contributed by atoms with Gasteiger partial charge in [0, 0.05) is 89.0 Å². The summed E-state index contributed by atoms with van der Waals surface area (Å²) >= 11 is 0. The lowest BCUT2D eigenvalue weighted by Gasteiger charge is -2.13. The summed E-state index contributed by atoms with van der Waals surface area (Å²) in [5.41, 5.74) is 13.5. The van der Waals surface area contributed by atoms with E-state index in [9.17, 15) is 0 Å². The quantitative estimate of drug-likeness (QED) is 0.162. The van der Waals surface area contributed by atoms with Crippen LogP contribution in [0.1, 0.15) is 182 Å². The van der Waals surface area contributed by atoms with Crippen molar-refractivity contribution >= 4 is 67.0 Å². The second kappa shape index (κ2) is 33.7. The average molecular weight is 1040 g/mol. The molecule has 75 heavy (non-hydrogen) atoms. The second-order valence-corrected chi connectivity index (χ2v) is 16.4. The van der Waals surface area contributed by atoms with Gasteiger partial charge in [0.2, 0.25) is 0 Å². The molecule has 0 atom stereocenters. The highest BCUT2D eigenvalue weighted by Gasteiger charge is 2.20. The number of fused-ring (bicyclic) bond motifs is 6. The first-order chi connectivity index (χ1) is 36.1. The Morgan fingerprint density at radius 3 is 1.27 bits per heavy atom. The summed E-state index contributed by atoms with van der Waals surface area (Å²) in [6.07, 6.45) is 10.8. The Morgan fingerprint density at radius 1 is 0.400 bits per heavy atom. The second-order valence-electron chi connectivity index (χ2n) is 16.4. The van der Waals surface area contributed by atoms with Gasteiger partial charge < -0.3 is 53.0 Å². The molecule has 0 bridgehead atoms. The largest absolute Gasteiger partial charge is 0.461 e. The maximum Gasteiger partial charge on any atom is 0.175 e. The highest BCUT2D eigenvalue weighted by Crippen LogP contribution is 2.31. The van der Waals surface area contributed by atoms with Gasteiger partial charge in [0.25, 0.3) is 0 Å². The van der Waals surface area contributed by atoms with Crippen molar-refractivity contribution in [3.05, 3.63) is 143 Å². The van der Waals surface area contributed by atoms with Crippen molar-refractivity contribution in [1.29, 1.82) is 0 Å². The van der Waals surface area contributed by atoms with Gasteiger partial charge in [-0.3, -0.25) is 0 Å². The van der Waals surface area contributed by atoms with Gasteiger partial charge in [-0.1, -0.05) is 125 Å². The maximum absolute atomic E-state index is 5.58. The van der Waals surface area contributed by atoms with Crippen LogP contribution >= 0.6 is 0 Å². The van der Waals surface area contributed by atoms with Crippen molar-refractivity contribution in [3.8, 4) is 0 Å². The van der Waals surface area contributed by atoms with E-state index in [1.165, 1.54) is 0 Å². The van der Waals surface area contributed by atoms with Crippen LogP contribution in [0.2, 0.25) is 0 Å². The van der Waals surface area contributed by atoms with Crippen molar-refractivity contribution in [2.24, 2.45) is 0 Å². The molecule has 0 aliphatic carbocycles. The van der Waals surface area contributed by atoms with E-state index >= 15 is 0 Å². The molecule has 12 nitrogen and oxygen atoms in total. The number of furan rings is 12. The van der Waals surface area contributed by atoms with Crippen LogP contribution in [-0.2, 0) is 11.8 Å². The fourth-order valence-electron chi connectivity index (χ4n) is 6.34. The van der Waals surface area contributed by atoms with Crippen molar-refractivity contribution in [3.63, 3.8) is 0 Å². The predicted octanol–water partition coefficient (Wildman–Crippen LogP) is 23.1. The van der Waals surface area contributed by atoms with Gasteiger partial charge in [-0.15, -0.1) is 0 Å². The number of hydrogen-bond donors (Lipinski definition) is 0. The van der Waals surface area contributed by atoms with Gasteiger partial charge in [-0.25, -0.2) is 0 Å².